The monoisotopic (exact) mass is 251 g/mol. The van der Waals surface area contributed by atoms with Crippen LogP contribution in [0, 0.1) is 6.92 Å². The van der Waals surface area contributed by atoms with Crippen LogP contribution in [0.25, 0.3) is 0 Å². The van der Waals surface area contributed by atoms with E-state index in [4.69, 9.17) is 17.3 Å². The zero-order chi connectivity index (χ0) is 12.4. The third-order valence-corrected chi connectivity index (χ3v) is 2.56. The van der Waals surface area contributed by atoms with E-state index in [0.29, 0.717) is 16.5 Å². The molecule has 0 spiro atoms. The van der Waals surface area contributed by atoms with E-state index in [9.17, 15) is 4.79 Å². The summed E-state index contributed by atoms with van der Waals surface area (Å²) in [5.74, 6) is -0.372. The zero-order valence-corrected chi connectivity index (χ0v) is 9.75. The van der Waals surface area contributed by atoms with Crippen LogP contribution in [0.3, 0.4) is 0 Å². The number of aromatic nitrogens is 3. The number of rotatable bonds is 2. The molecular formula is C10H10ClN5O. The van der Waals surface area contributed by atoms with Gasteiger partial charge >= 0.3 is 0 Å². The average Bonchev–Trinajstić information content (AvgIpc) is 2.70. The van der Waals surface area contributed by atoms with E-state index in [1.165, 1.54) is 12.4 Å². The number of nitrogen functional groups attached to an aromatic ring is 1. The van der Waals surface area contributed by atoms with Crippen LogP contribution in [0.5, 0.6) is 0 Å². The highest BCUT2D eigenvalue weighted by atomic mass is 35.5. The van der Waals surface area contributed by atoms with Crippen molar-refractivity contribution < 1.29 is 4.79 Å². The van der Waals surface area contributed by atoms with Crippen LogP contribution in [-0.4, -0.2) is 21.1 Å². The third kappa shape index (κ3) is 2.36. The second-order valence-corrected chi connectivity index (χ2v) is 3.84. The lowest BCUT2D eigenvalue weighted by Crippen LogP contribution is -2.14. The number of hydrogen-bond acceptors (Lipinski definition) is 4. The highest BCUT2D eigenvalue weighted by molar-refractivity contribution is 6.30. The molecule has 7 heteroatoms. The summed E-state index contributed by atoms with van der Waals surface area (Å²) in [7, 11) is 0. The van der Waals surface area contributed by atoms with Crippen LogP contribution >= 0.6 is 11.6 Å². The van der Waals surface area contributed by atoms with Gasteiger partial charge < -0.3 is 11.1 Å². The molecule has 0 atom stereocenters. The van der Waals surface area contributed by atoms with Crippen molar-refractivity contribution in [2.24, 2.45) is 0 Å². The lowest BCUT2D eigenvalue weighted by atomic mass is 10.3. The molecule has 1 amide bonds. The molecular weight excluding hydrogens is 242 g/mol. The molecule has 17 heavy (non-hydrogen) atoms. The largest absolute Gasteiger partial charge is 0.396 e. The van der Waals surface area contributed by atoms with Crippen LogP contribution in [0.2, 0.25) is 5.15 Å². The second kappa shape index (κ2) is 4.42. The topological polar surface area (TPSA) is 96.7 Å². The van der Waals surface area contributed by atoms with Gasteiger partial charge in [0.15, 0.2) is 0 Å². The van der Waals surface area contributed by atoms with E-state index in [1.54, 1.807) is 13.0 Å². The molecule has 4 N–H and O–H groups in total. The number of nitrogens with one attached hydrogen (secondary N) is 2. The maximum Gasteiger partial charge on any atom is 0.275 e. The van der Waals surface area contributed by atoms with Gasteiger partial charge in [0.05, 0.1) is 23.8 Å². The van der Waals surface area contributed by atoms with Gasteiger partial charge in [-0.1, -0.05) is 11.6 Å². The number of nitrogens with two attached hydrogens (primary N) is 1. The number of aromatic amines is 1. The molecule has 2 aromatic heterocycles. The second-order valence-electron chi connectivity index (χ2n) is 3.49. The quantitative estimate of drug-likeness (QED) is 0.706. The number of pyridine rings is 1. The number of nitrogens with zero attached hydrogens (tertiary/aromatic N) is 2. The molecule has 2 heterocycles. The minimum atomic E-state index is -0.372. The summed E-state index contributed by atoms with van der Waals surface area (Å²) in [4.78, 5) is 15.7. The molecule has 0 aliphatic heterocycles. The molecule has 88 valence electrons. The van der Waals surface area contributed by atoms with E-state index >= 15 is 0 Å². The molecule has 0 unspecified atom stereocenters. The van der Waals surface area contributed by atoms with Gasteiger partial charge in [-0.05, 0) is 18.6 Å². The Bertz CT molecular complexity index is 566. The number of halogens is 1. The van der Waals surface area contributed by atoms with E-state index in [-0.39, 0.29) is 11.6 Å². The number of hydrogen-bond donors (Lipinski definition) is 3. The first-order valence-electron chi connectivity index (χ1n) is 4.80. The number of carbonyl (C=O) groups is 1. The highest BCUT2D eigenvalue weighted by Crippen LogP contribution is 2.17. The summed E-state index contributed by atoms with van der Waals surface area (Å²) in [5.41, 5.74) is 7.40. The van der Waals surface area contributed by atoms with Crippen molar-refractivity contribution in [2.75, 3.05) is 11.1 Å². The van der Waals surface area contributed by atoms with Crippen molar-refractivity contribution in [1.82, 2.24) is 15.2 Å². The van der Waals surface area contributed by atoms with Gasteiger partial charge in [-0.25, -0.2) is 4.98 Å². The molecule has 0 radical (unpaired) electrons. The van der Waals surface area contributed by atoms with Crippen molar-refractivity contribution in [1.29, 1.82) is 0 Å². The van der Waals surface area contributed by atoms with Crippen LogP contribution in [-0.2, 0) is 0 Å². The Morgan fingerprint density at radius 2 is 2.29 bits per heavy atom. The maximum absolute atomic E-state index is 11.8. The summed E-state index contributed by atoms with van der Waals surface area (Å²) in [6, 6.07) is 1.72. The first-order valence-corrected chi connectivity index (χ1v) is 5.18. The molecule has 6 nitrogen and oxygen atoms in total. The average molecular weight is 252 g/mol. The Morgan fingerprint density at radius 1 is 1.53 bits per heavy atom. The van der Waals surface area contributed by atoms with Crippen molar-refractivity contribution in [3.05, 3.63) is 34.9 Å². The molecule has 0 aliphatic carbocycles. The number of H-pyrrole nitrogens is 1. The Kier molecular flexibility index (Phi) is 2.97. The van der Waals surface area contributed by atoms with Gasteiger partial charge in [-0.2, -0.15) is 5.10 Å². The van der Waals surface area contributed by atoms with E-state index in [1.807, 2.05) is 0 Å². The fraction of sp³-hybridized carbons (Fsp3) is 0.100. The molecule has 0 aliphatic rings. The number of amides is 1. The summed E-state index contributed by atoms with van der Waals surface area (Å²) in [5, 5.41) is 9.23. The predicted octanol–water partition coefficient (Wildman–Crippen LogP) is 1.60. The van der Waals surface area contributed by atoms with Crippen LogP contribution < -0.4 is 11.1 Å². The number of carbonyl (C=O) groups excluding carboxylic acids is 1. The molecule has 0 bridgehead atoms. The van der Waals surface area contributed by atoms with E-state index < -0.39 is 0 Å². The predicted molar refractivity (Wildman–Crippen MR) is 64.9 cm³/mol. The first kappa shape index (κ1) is 11.4. The Hall–Kier alpha value is -2.08. The molecule has 0 saturated heterocycles. The smallest absolute Gasteiger partial charge is 0.275 e. The summed E-state index contributed by atoms with van der Waals surface area (Å²) < 4.78 is 0. The number of anilines is 2. The molecule has 0 fully saturated rings. The van der Waals surface area contributed by atoms with Crippen LogP contribution in [0.15, 0.2) is 18.5 Å². The normalized spacial score (nSPS) is 10.2. The summed E-state index contributed by atoms with van der Waals surface area (Å²) >= 11 is 5.78. The Labute approximate surface area is 102 Å². The van der Waals surface area contributed by atoms with Crippen molar-refractivity contribution in [3.63, 3.8) is 0 Å². The lowest BCUT2D eigenvalue weighted by Gasteiger charge is -2.05. The maximum atomic E-state index is 11.8. The van der Waals surface area contributed by atoms with Crippen molar-refractivity contribution in [2.45, 2.75) is 6.92 Å². The van der Waals surface area contributed by atoms with Gasteiger partial charge in [-0.15, -0.1) is 0 Å². The molecule has 2 rings (SSSR count). The van der Waals surface area contributed by atoms with Gasteiger partial charge in [0, 0.05) is 0 Å². The zero-order valence-electron chi connectivity index (χ0n) is 8.99. The summed E-state index contributed by atoms with van der Waals surface area (Å²) in [6.45, 7) is 1.80. The fourth-order valence-electron chi connectivity index (χ4n) is 1.30. The Balaban J connectivity index is 2.19. The Morgan fingerprint density at radius 3 is 2.88 bits per heavy atom. The SMILES string of the molecule is Cc1cc(NC(=O)c2[nH]ncc2N)cnc1Cl. The van der Waals surface area contributed by atoms with Crippen molar-refractivity contribution >= 4 is 28.9 Å². The fourth-order valence-corrected chi connectivity index (χ4v) is 1.40. The summed E-state index contributed by atoms with van der Waals surface area (Å²) in [6.07, 6.45) is 2.85. The van der Waals surface area contributed by atoms with Crippen LogP contribution in [0.1, 0.15) is 16.1 Å². The van der Waals surface area contributed by atoms with Gasteiger partial charge in [0.25, 0.3) is 5.91 Å². The molecule has 2 aromatic rings. The molecule has 0 aromatic carbocycles. The van der Waals surface area contributed by atoms with Gasteiger partial charge in [0.2, 0.25) is 0 Å². The highest BCUT2D eigenvalue weighted by Gasteiger charge is 2.12. The first-order chi connectivity index (χ1) is 8.08. The minimum Gasteiger partial charge on any atom is -0.396 e. The number of aryl methyl sites for hydroxylation is 1. The molecule has 0 saturated carbocycles. The van der Waals surface area contributed by atoms with E-state index in [0.717, 1.165) is 5.56 Å². The lowest BCUT2D eigenvalue weighted by molar-refractivity contribution is 0.102. The van der Waals surface area contributed by atoms with E-state index in [2.05, 4.69) is 20.5 Å². The van der Waals surface area contributed by atoms with Crippen molar-refractivity contribution in [3.8, 4) is 0 Å². The third-order valence-electron chi connectivity index (χ3n) is 2.17. The van der Waals surface area contributed by atoms with Crippen LogP contribution in [0.4, 0.5) is 11.4 Å². The standard InChI is InChI=1S/C10H10ClN5O/c1-5-2-6(3-13-9(5)11)15-10(17)8-7(12)4-14-16-8/h2-4H,12H2,1H3,(H,14,16)(H,15,17). The van der Waals surface area contributed by atoms with Gasteiger partial charge in [-0.3, -0.25) is 9.89 Å². The van der Waals surface area contributed by atoms with Gasteiger partial charge in [0.1, 0.15) is 10.8 Å². The minimum absolute atomic E-state index is 0.220.